The summed E-state index contributed by atoms with van der Waals surface area (Å²) in [6.45, 7) is -0.581. The standard InChI is InChI=1S/C25H24N4O6S/c1-35-20-5-3-17-4-6-21(12-18(17)11-20)36(33,34)29(15-24(30)31)23-8-9-28(25(23)32)14-19-10-16(13-26)2-7-22(19)27/h2-7,10-12,23H,8-9,14-15,27H2,1H3,(H,30,31)/t23-/m0/s1. The molecule has 0 aliphatic carbocycles. The Kier molecular flexibility index (Phi) is 6.83. The number of sulfonamides is 1. The predicted molar refractivity (Wildman–Crippen MR) is 131 cm³/mol. The zero-order valence-corrected chi connectivity index (χ0v) is 20.2. The van der Waals surface area contributed by atoms with Crippen LogP contribution in [0, 0.1) is 11.3 Å². The van der Waals surface area contributed by atoms with E-state index in [1.807, 2.05) is 6.07 Å². The van der Waals surface area contributed by atoms with E-state index in [1.165, 1.54) is 24.1 Å². The highest BCUT2D eigenvalue weighted by Gasteiger charge is 2.43. The number of nitrogens with zero attached hydrogens (tertiary/aromatic N) is 3. The summed E-state index contributed by atoms with van der Waals surface area (Å²) >= 11 is 0. The Morgan fingerprint density at radius 3 is 2.64 bits per heavy atom. The van der Waals surface area contributed by atoms with Gasteiger partial charge in [-0.15, -0.1) is 0 Å². The number of carbonyl (C=O) groups excluding carboxylic acids is 1. The number of nitriles is 1. The third kappa shape index (κ3) is 4.82. The Balaban J connectivity index is 1.65. The van der Waals surface area contributed by atoms with Gasteiger partial charge in [-0.1, -0.05) is 12.1 Å². The van der Waals surface area contributed by atoms with Crippen LogP contribution in [0.5, 0.6) is 5.75 Å². The number of aliphatic carboxylic acids is 1. The van der Waals surface area contributed by atoms with Gasteiger partial charge < -0.3 is 20.5 Å². The van der Waals surface area contributed by atoms with Gasteiger partial charge >= 0.3 is 5.97 Å². The van der Waals surface area contributed by atoms with Gasteiger partial charge in [0.25, 0.3) is 0 Å². The fourth-order valence-electron chi connectivity index (χ4n) is 4.29. The number of nitrogens with two attached hydrogens (primary N) is 1. The van der Waals surface area contributed by atoms with Crippen LogP contribution in [0.2, 0.25) is 0 Å². The van der Waals surface area contributed by atoms with Crippen molar-refractivity contribution in [3.63, 3.8) is 0 Å². The molecule has 0 radical (unpaired) electrons. The van der Waals surface area contributed by atoms with E-state index in [9.17, 15) is 23.1 Å². The van der Waals surface area contributed by atoms with E-state index < -0.39 is 34.5 Å². The van der Waals surface area contributed by atoms with Gasteiger partial charge in [-0.2, -0.15) is 9.57 Å². The first kappa shape index (κ1) is 25.0. The van der Waals surface area contributed by atoms with Crippen LogP contribution in [-0.2, 0) is 26.2 Å². The summed E-state index contributed by atoms with van der Waals surface area (Å²) in [4.78, 5) is 26.2. The monoisotopic (exact) mass is 508 g/mol. The lowest BCUT2D eigenvalue weighted by atomic mass is 10.1. The lowest BCUT2D eigenvalue weighted by molar-refractivity contribution is -0.138. The smallest absolute Gasteiger partial charge is 0.318 e. The van der Waals surface area contributed by atoms with E-state index >= 15 is 0 Å². The molecule has 11 heteroatoms. The molecule has 3 aromatic carbocycles. The van der Waals surface area contributed by atoms with Crippen LogP contribution in [0.25, 0.3) is 10.8 Å². The van der Waals surface area contributed by atoms with Crippen LogP contribution in [0.1, 0.15) is 17.5 Å². The van der Waals surface area contributed by atoms with E-state index in [4.69, 9.17) is 15.7 Å². The van der Waals surface area contributed by atoms with E-state index in [1.54, 1.807) is 42.5 Å². The number of ether oxygens (including phenoxy) is 1. The highest BCUT2D eigenvalue weighted by molar-refractivity contribution is 7.89. The number of fused-ring (bicyclic) bond motifs is 1. The number of carboxylic acid groups (broad SMARTS) is 1. The van der Waals surface area contributed by atoms with Crippen molar-refractivity contribution in [2.24, 2.45) is 0 Å². The molecule has 0 aromatic heterocycles. The van der Waals surface area contributed by atoms with Gasteiger partial charge in [0.15, 0.2) is 0 Å². The number of rotatable bonds is 8. The Bertz CT molecular complexity index is 1500. The molecule has 0 unspecified atom stereocenters. The number of carbonyl (C=O) groups is 2. The van der Waals surface area contributed by atoms with Crippen molar-refractivity contribution >= 4 is 38.4 Å². The Morgan fingerprint density at radius 2 is 1.94 bits per heavy atom. The van der Waals surface area contributed by atoms with Crippen molar-refractivity contribution < 1.29 is 27.9 Å². The summed E-state index contributed by atoms with van der Waals surface area (Å²) in [7, 11) is -2.84. The fourth-order valence-corrected chi connectivity index (χ4v) is 5.88. The number of likely N-dealkylation sites (tertiary alicyclic amines) is 1. The van der Waals surface area contributed by atoms with Crippen LogP contribution < -0.4 is 10.5 Å². The topological polar surface area (TPSA) is 154 Å². The molecule has 1 saturated heterocycles. The number of carboxylic acids is 1. The molecule has 36 heavy (non-hydrogen) atoms. The lowest BCUT2D eigenvalue weighted by Crippen LogP contribution is -2.47. The van der Waals surface area contributed by atoms with Crippen molar-refractivity contribution in [3.05, 3.63) is 65.7 Å². The molecular weight excluding hydrogens is 484 g/mol. The highest BCUT2D eigenvalue weighted by Crippen LogP contribution is 2.29. The zero-order chi connectivity index (χ0) is 26.0. The molecule has 0 bridgehead atoms. The van der Waals surface area contributed by atoms with E-state index in [0.29, 0.717) is 28.0 Å². The van der Waals surface area contributed by atoms with Gasteiger partial charge in [0.1, 0.15) is 18.3 Å². The van der Waals surface area contributed by atoms with Crippen LogP contribution >= 0.6 is 0 Å². The first-order valence-corrected chi connectivity index (χ1v) is 12.5. The number of hydrogen-bond acceptors (Lipinski definition) is 7. The Hall–Kier alpha value is -4.14. The molecule has 1 aliphatic heterocycles. The number of amides is 1. The number of hydrogen-bond donors (Lipinski definition) is 2. The molecule has 0 spiro atoms. The summed E-state index contributed by atoms with van der Waals surface area (Å²) < 4.78 is 33.2. The largest absolute Gasteiger partial charge is 0.497 e. The fraction of sp³-hybridized carbons (Fsp3) is 0.240. The SMILES string of the molecule is COc1ccc2ccc(S(=O)(=O)N(CC(=O)O)[C@H]3CCN(Cc4cc(C#N)ccc4N)C3=O)cc2c1. The van der Waals surface area contributed by atoms with Gasteiger partial charge in [0, 0.05) is 18.8 Å². The summed E-state index contributed by atoms with van der Waals surface area (Å²) in [5.74, 6) is -1.36. The summed E-state index contributed by atoms with van der Waals surface area (Å²) in [5, 5.41) is 20.0. The van der Waals surface area contributed by atoms with E-state index in [2.05, 4.69) is 0 Å². The number of anilines is 1. The van der Waals surface area contributed by atoms with Gasteiger partial charge in [-0.25, -0.2) is 8.42 Å². The Morgan fingerprint density at radius 1 is 1.19 bits per heavy atom. The maximum Gasteiger partial charge on any atom is 0.318 e. The second-order valence-corrected chi connectivity index (χ2v) is 10.3. The van der Waals surface area contributed by atoms with Crippen molar-refractivity contribution in [2.75, 3.05) is 25.9 Å². The third-order valence-electron chi connectivity index (χ3n) is 6.17. The van der Waals surface area contributed by atoms with Crippen molar-refractivity contribution in [3.8, 4) is 11.8 Å². The molecule has 3 N–H and O–H groups in total. The second kappa shape index (κ2) is 9.85. The summed E-state index contributed by atoms with van der Waals surface area (Å²) in [6.07, 6.45) is 0.116. The van der Waals surface area contributed by atoms with E-state index in [0.717, 1.165) is 9.69 Å². The lowest BCUT2D eigenvalue weighted by Gasteiger charge is -2.26. The van der Waals surface area contributed by atoms with Crippen molar-refractivity contribution in [1.82, 2.24) is 9.21 Å². The number of methoxy groups -OCH3 is 1. The molecule has 1 amide bonds. The van der Waals surface area contributed by atoms with E-state index in [-0.39, 0.29) is 24.4 Å². The minimum atomic E-state index is -4.34. The predicted octanol–water partition coefficient (Wildman–Crippen LogP) is 2.18. The Labute approximate surface area is 208 Å². The molecule has 1 aliphatic rings. The maximum atomic E-state index is 13.6. The first-order valence-electron chi connectivity index (χ1n) is 11.0. The quantitative estimate of drug-likeness (QED) is 0.439. The summed E-state index contributed by atoms with van der Waals surface area (Å²) in [5.41, 5.74) is 7.33. The van der Waals surface area contributed by atoms with Crippen LogP contribution in [0.15, 0.2) is 59.5 Å². The molecule has 186 valence electrons. The number of nitrogen functional groups attached to an aromatic ring is 1. The van der Waals surface area contributed by atoms with Gasteiger partial charge in [-0.3, -0.25) is 9.59 Å². The minimum Gasteiger partial charge on any atom is -0.497 e. The van der Waals surface area contributed by atoms with Crippen molar-refractivity contribution in [2.45, 2.75) is 23.9 Å². The first-order chi connectivity index (χ1) is 17.1. The highest BCUT2D eigenvalue weighted by atomic mass is 32.2. The third-order valence-corrected chi connectivity index (χ3v) is 8.02. The van der Waals surface area contributed by atoms with Crippen LogP contribution in [0.4, 0.5) is 5.69 Å². The molecule has 1 heterocycles. The summed E-state index contributed by atoms with van der Waals surface area (Å²) in [6, 6.07) is 15.2. The normalized spacial score (nSPS) is 15.9. The molecule has 1 atom stereocenters. The zero-order valence-electron chi connectivity index (χ0n) is 19.4. The molecule has 4 rings (SSSR count). The molecule has 1 fully saturated rings. The molecule has 3 aromatic rings. The molecular formula is C25H24N4O6S. The molecule has 10 nitrogen and oxygen atoms in total. The average Bonchev–Trinajstić information content (AvgIpc) is 3.22. The second-order valence-electron chi connectivity index (χ2n) is 8.41. The average molecular weight is 509 g/mol. The van der Waals surface area contributed by atoms with Gasteiger partial charge in [-0.05, 0) is 65.2 Å². The minimum absolute atomic E-state index is 0.0768. The maximum absolute atomic E-state index is 13.6. The van der Waals surface area contributed by atoms with Gasteiger partial charge in [0.05, 0.1) is 23.6 Å². The van der Waals surface area contributed by atoms with Crippen molar-refractivity contribution in [1.29, 1.82) is 5.26 Å². The van der Waals surface area contributed by atoms with Gasteiger partial charge in [0.2, 0.25) is 15.9 Å². The number of benzene rings is 3. The van der Waals surface area contributed by atoms with Crippen LogP contribution in [0.3, 0.4) is 0 Å². The molecule has 0 saturated carbocycles. The van der Waals surface area contributed by atoms with Crippen LogP contribution in [-0.4, -0.2) is 60.8 Å².